The number of hydrogen-bond acceptors (Lipinski definition) is 7. The molecule has 0 spiro atoms. The molecule has 170 valence electrons. The van der Waals surface area contributed by atoms with Crippen molar-refractivity contribution in [2.75, 3.05) is 39.4 Å². The second-order valence-electron chi connectivity index (χ2n) is 7.07. The first kappa shape index (κ1) is 22.9. The van der Waals surface area contributed by atoms with Crippen LogP contribution < -0.4 is 24.4 Å². The van der Waals surface area contributed by atoms with Gasteiger partial charge in [-0.25, -0.2) is 0 Å². The third-order valence-corrected chi connectivity index (χ3v) is 5.11. The van der Waals surface area contributed by atoms with Gasteiger partial charge < -0.3 is 29.2 Å². The minimum atomic E-state index is -0.637. The maximum absolute atomic E-state index is 12.7. The molecule has 1 heterocycles. The second-order valence-corrected chi connectivity index (χ2v) is 7.07. The molecule has 0 radical (unpaired) electrons. The minimum Gasteiger partial charge on any atom is -0.493 e. The summed E-state index contributed by atoms with van der Waals surface area (Å²) in [5, 5.41) is 2.86. The van der Waals surface area contributed by atoms with E-state index in [2.05, 4.69) is 5.32 Å². The van der Waals surface area contributed by atoms with Crippen LogP contribution in [0.2, 0.25) is 0 Å². The van der Waals surface area contributed by atoms with Gasteiger partial charge in [0.15, 0.2) is 18.1 Å². The van der Waals surface area contributed by atoms with Crippen molar-refractivity contribution in [3.8, 4) is 17.2 Å². The van der Waals surface area contributed by atoms with Crippen LogP contribution in [0, 0.1) is 0 Å². The Labute approximate surface area is 186 Å². The lowest BCUT2D eigenvalue weighted by molar-refractivity contribution is -0.141. The predicted molar refractivity (Wildman–Crippen MR) is 116 cm³/mol. The first-order valence-corrected chi connectivity index (χ1v) is 10.1. The Balaban J connectivity index is 1.72. The van der Waals surface area contributed by atoms with Gasteiger partial charge in [0.05, 0.1) is 39.5 Å². The number of carbonyl (C=O) groups excluding carboxylic acids is 3. The number of amides is 2. The Morgan fingerprint density at radius 2 is 1.84 bits per heavy atom. The van der Waals surface area contributed by atoms with Crippen molar-refractivity contribution in [2.45, 2.75) is 18.9 Å². The van der Waals surface area contributed by atoms with Crippen LogP contribution in [-0.2, 0) is 19.1 Å². The van der Waals surface area contributed by atoms with Gasteiger partial charge in [0.2, 0.25) is 5.91 Å². The van der Waals surface area contributed by atoms with E-state index in [1.165, 1.54) is 26.2 Å². The molecule has 2 amide bonds. The standard InChI is InChI=1S/C23H26N2O7/c1-29-19-9-8-15(12-20(19)30-2)16(13-23(28)31-3)24-21(26)10-11-25-17-6-4-5-7-18(17)32-14-22(25)27/h4-9,12,16H,10-11,13-14H2,1-3H3,(H,24,26). The monoisotopic (exact) mass is 442 g/mol. The summed E-state index contributed by atoms with van der Waals surface area (Å²) >= 11 is 0. The predicted octanol–water partition coefficient (Wildman–Crippen LogP) is 2.24. The topological polar surface area (TPSA) is 103 Å². The summed E-state index contributed by atoms with van der Waals surface area (Å²) in [6, 6.07) is 11.7. The van der Waals surface area contributed by atoms with Gasteiger partial charge in [0.1, 0.15) is 5.75 Å². The lowest BCUT2D eigenvalue weighted by Crippen LogP contribution is -2.41. The van der Waals surface area contributed by atoms with Crippen molar-refractivity contribution in [2.24, 2.45) is 0 Å². The molecule has 9 nitrogen and oxygen atoms in total. The van der Waals surface area contributed by atoms with Crippen LogP contribution >= 0.6 is 0 Å². The summed E-state index contributed by atoms with van der Waals surface area (Å²) < 4.78 is 20.8. The van der Waals surface area contributed by atoms with E-state index in [-0.39, 0.29) is 37.8 Å². The zero-order valence-electron chi connectivity index (χ0n) is 18.3. The number of fused-ring (bicyclic) bond motifs is 1. The molecule has 2 aromatic carbocycles. The van der Waals surface area contributed by atoms with E-state index in [0.717, 1.165) is 0 Å². The third-order valence-electron chi connectivity index (χ3n) is 5.11. The van der Waals surface area contributed by atoms with Gasteiger partial charge in [-0.05, 0) is 29.8 Å². The molecule has 3 rings (SSSR count). The van der Waals surface area contributed by atoms with Crippen molar-refractivity contribution < 1.29 is 33.3 Å². The van der Waals surface area contributed by atoms with Crippen molar-refractivity contribution in [3.63, 3.8) is 0 Å². The smallest absolute Gasteiger partial charge is 0.307 e. The molecule has 0 aliphatic carbocycles. The minimum absolute atomic E-state index is 0.0467. The highest BCUT2D eigenvalue weighted by molar-refractivity contribution is 5.98. The van der Waals surface area contributed by atoms with Crippen LogP contribution in [0.15, 0.2) is 42.5 Å². The Bertz CT molecular complexity index is 992. The maximum Gasteiger partial charge on any atom is 0.307 e. The van der Waals surface area contributed by atoms with E-state index in [4.69, 9.17) is 18.9 Å². The summed E-state index contributed by atoms with van der Waals surface area (Å²) in [6.45, 7) is 0.108. The number of methoxy groups -OCH3 is 3. The summed E-state index contributed by atoms with van der Waals surface area (Å²) in [6.07, 6.45) is -0.0118. The Morgan fingerprint density at radius 1 is 1.09 bits per heavy atom. The number of anilines is 1. The molecular weight excluding hydrogens is 416 g/mol. The summed E-state index contributed by atoms with van der Waals surface area (Å²) in [5.41, 5.74) is 1.29. The van der Waals surface area contributed by atoms with Crippen LogP contribution in [0.1, 0.15) is 24.4 Å². The van der Waals surface area contributed by atoms with Crippen LogP contribution in [0.3, 0.4) is 0 Å². The number of ether oxygens (including phenoxy) is 4. The molecule has 0 fully saturated rings. The molecule has 1 N–H and O–H groups in total. The van der Waals surface area contributed by atoms with Gasteiger partial charge in [-0.3, -0.25) is 14.4 Å². The first-order valence-electron chi connectivity index (χ1n) is 10.1. The van der Waals surface area contributed by atoms with Crippen LogP contribution in [-0.4, -0.2) is 52.3 Å². The van der Waals surface area contributed by atoms with Crippen molar-refractivity contribution in [1.29, 1.82) is 0 Å². The number of hydrogen-bond donors (Lipinski definition) is 1. The molecule has 0 aromatic heterocycles. The molecule has 1 aliphatic rings. The van der Waals surface area contributed by atoms with Crippen molar-refractivity contribution >= 4 is 23.5 Å². The fraction of sp³-hybridized carbons (Fsp3) is 0.348. The Morgan fingerprint density at radius 3 is 2.56 bits per heavy atom. The molecule has 1 aliphatic heterocycles. The number of esters is 1. The number of carbonyl (C=O) groups is 3. The van der Waals surface area contributed by atoms with Crippen LogP contribution in [0.5, 0.6) is 17.2 Å². The van der Waals surface area contributed by atoms with E-state index >= 15 is 0 Å². The molecule has 1 unspecified atom stereocenters. The molecule has 32 heavy (non-hydrogen) atoms. The SMILES string of the molecule is COC(=O)CC(NC(=O)CCN1C(=O)COc2ccccc21)c1ccc(OC)c(OC)c1. The third kappa shape index (κ3) is 5.29. The van der Waals surface area contributed by atoms with E-state index < -0.39 is 12.0 Å². The Kier molecular flexibility index (Phi) is 7.54. The summed E-state index contributed by atoms with van der Waals surface area (Å²) in [4.78, 5) is 38.5. The first-order chi connectivity index (χ1) is 15.5. The largest absolute Gasteiger partial charge is 0.493 e. The molecule has 9 heteroatoms. The highest BCUT2D eigenvalue weighted by Gasteiger charge is 2.26. The number of nitrogens with zero attached hydrogens (tertiary/aromatic N) is 1. The lowest BCUT2D eigenvalue weighted by atomic mass is 10.0. The van der Waals surface area contributed by atoms with Gasteiger partial charge in [0.25, 0.3) is 5.91 Å². The van der Waals surface area contributed by atoms with Crippen LogP contribution in [0.25, 0.3) is 0 Å². The van der Waals surface area contributed by atoms with Gasteiger partial charge in [-0.1, -0.05) is 18.2 Å². The highest BCUT2D eigenvalue weighted by atomic mass is 16.5. The van der Waals surface area contributed by atoms with Gasteiger partial charge in [0, 0.05) is 13.0 Å². The number of nitrogens with one attached hydrogen (secondary N) is 1. The average Bonchev–Trinajstić information content (AvgIpc) is 2.82. The fourth-order valence-electron chi connectivity index (χ4n) is 3.45. The van der Waals surface area contributed by atoms with Gasteiger partial charge >= 0.3 is 5.97 Å². The van der Waals surface area contributed by atoms with E-state index in [1.54, 1.807) is 36.4 Å². The van der Waals surface area contributed by atoms with E-state index in [1.807, 2.05) is 6.07 Å². The van der Waals surface area contributed by atoms with E-state index in [9.17, 15) is 14.4 Å². The number of rotatable bonds is 9. The quantitative estimate of drug-likeness (QED) is 0.594. The normalized spacial score (nSPS) is 13.5. The highest BCUT2D eigenvalue weighted by Crippen LogP contribution is 2.32. The van der Waals surface area contributed by atoms with Gasteiger partial charge in [-0.2, -0.15) is 0 Å². The fourth-order valence-corrected chi connectivity index (χ4v) is 3.45. The lowest BCUT2D eigenvalue weighted by Gasteiger charge is -2.29. The zero-order chi connectivity index (χ0) is 23.1. The van der Waals surface area contributed by atoms with Crippen LogP contribution in [0.4, 0.5) is 5.69 Å². The Hall–Kier alpha value is -3.75. The number of para-hydroxylation sites is 2. The van der Waals surface area contributed by atoms with E-state index in [0.29, 0.717) is 28.5 Å². The molecule has 2 aromatic rings. The van der Waals surface area contributed by atoms with Crippen molar-refractivity contribution in [1.82, 2.24) is 5.32 Å². The summed E-state index contributed by atoms with van der Waals surface area (Å²) in [5.74, 6) is 0.602. The van der Waals surface area contributed by atoms with Crippen molar-refractivity contribution in [3.05, 3.63) is 48.0 Å². The summed E-state index contributed by atoms with van der Waals surface area (Å²) in [7, 11) is 4.32. The second kappa shape index (κ2) is 10.5. The van der Waals surface area contributed by atoms with Gasteiger partial charge in [-0.15, -0.1) is 0 Å². The molecular formula is C23H26N2O7. The zero-order valence-corrected chi connectivity index (χ0v) is 18.3. The number of benzene rings is 2. The average molecular weight is 442 g/mol. The molecule has 0 bridgehead atoms. The maximum atomic E-state index is 12.7. The molecule has 1 atom stereocenters. The molecule has 0 saturated carbocycles. The molecule has 0 saturated heterocycles.